The van der Waals surface area contributed by atoms with Crippen molar-refractivity contribution in [1.29, 1.82) is 0 Å². The van der Waals surface area contributed by atoms with Crippen LogP contribution in [0.3, 0.4) is 0 Å². The Labute approximate surface area is 99.0 Å². The summed E-state index contributed by atoms with van der Waals surface area (Å²) in [7, 11) is 0. The molecular weight excluding hydrogens is 212 g/mol. The number of hydrogen-bond acceptors (Lipinski definition) is 3. The van der Waals surface area contributed by atoms with Crippen LogP contribution in [0, 0.1) is 5.92 Å². The van der Waals surface area contributed by atoms with Crippen molar-refractivity contribution in [3.8, 4) is 0 Å². The van der Waals surface area contributed by atoms with Gasteiger partial charge in [-0.15, -0.1) is 12.4 Å². The van der Waals surface area contributed by atoms with Gasteiger partial charge in [0.25, 0.3) is 0 Å². The predicted molar refractivity (Wildman–Crippen MR) is 64.4 cm³/mol. The molecule has 0 amide bonds. The minimum atomic E-state index is 0. The van der Waals surface area contributed by atoms with E-state index in [0.29, 0.717) is 12.1 Å². The molecule has 2 rings (SSSR count). The lowest BCUT2D eigenvalue weighted by Gasteiger charge is -2.29. The summed E-state index contributed by atoms with van der Waals surface area (Å²) in [6.07, 6.45) is 4.23. The molecule has 2 aliphatic heterocycles. The molecule has 0 radical (unpaired) electrons. The van der Waals surface area contributed by atoms with Gasteiger partial charge in [-0.1, -0.05) is 6.92 Å². The monoisotopic (exact) mass is 234 g/mol. The van der Waals surface area contributed by atoms with Crippen molar-refractivity contribution in [3.05, 3.63) is 0 Å². The van der Waals surface area contributed by atoms with Gasteiger partial charge < -0.3 is 9.64 Å². The molecule has 2 atom stereocenters. The van der Waals surface area contributed by atoms with Crippen LogP contribution in [0.4, 0.5) is 0 Å². The molecule has 0 aromatic carbocycles. The number of nitrogens with one attached hydrogen (secondary N) is 1. The van der Waals surface area contributed by atoms with E-state index in [1.807, 2.05) is 0 Å². The maximum absolute atomic E-state index is 5.71. The van der Waals surface area contributed by atoms with E-state index in [1.165, 1.54) is 32.5 Å². The highest BCUT2D eigenvalue weighted by Crippen LogP contribution is 2.11. The number of rotatable bonds is 3. The van der Waals surface area contributed by atoms with Crippen molar-refractivity contribution in [1.82, 2.24) is 10.2 Å². The Morgan fingerprint density at radius 3 is 2.67 bits per heavy atom. The van der Waals surface area contributed by atoms with Crippen molar-refractivity contribution in [2.75, 3.05) is 32.8 Å². The van der Waals surface area contributed by atoms with Crippen LogP contribution in [0.2, 0.25) is 0 Å². The molecule has 0 saturated carbocycles. The summed E-state index contributed by atoms with van der Waals surface area (Å²) in [4.78, 5) is 2.54. The average Bonchev–Trinajstić information content (AvgIpc) is 2.70. The largest absolute Gasteiger partial charge is 0.363 e. The Kier molecular flexibility index (Phi) is 5.90. The maximum Gasteiger partial charge on any atom is 0.109 e. The van der Waals surface area contributed by atoms with Gasteiger partial charge in [0.2, 0.25) is 0 Å². The smallest absolute Gasteiger partial charge is 0.109 e. The summed E-state index contributed by atoms with van der Waals surface area (Å²) in [5, 5.41) is 3.44. The first kappa shape index (κ1) is 13.2. The molecule has 0 aromatic heterocycles. The highest BCUT2D eigenvalue weighted by molar-refractivity contribution is 5.85. The second-order valence-corrected chi connectivity index (χ2v) is 4.67. The zero-order valence-electron chi connectivity index (χ0n) is 9.58. The van der Waals surface area contributed by atoms with Crippen molar-refractivity contribution >= 4 is 12.4 Å². The molecule has 2 unspecified atom stereocenters. The number of ether oxygens (including phenoxy) is 1. The van der Waals surface area contributed by atoms with Gasteiger partial charge in [-0.25, -0.2) is 0 Å². The standard InChI is InChI=1S/C11H22N2O.ClH/c1-10-8-12-11(14-9-10)4-7-13-5-2-3-6-13;/h10-12H,2-9H2,1H3;1H. The summed E-state index contributed by atoms with van der Waals surface area (Å²) in [6.45, 7) is 8.06. The topological polar surface area (TPSA) is 24.5 Å². The van der Waals surface area contributed by atoms with E-state index in [2.05, 4.69) is 17.1 Å². The molecule has 4 heteroatoms. The normalized spacial score (nSPS) is 32.6. The van der Waals surface area contributed by atoms with Crippen LogP contribution < -0.4 is 5.32 Å². The lowest BCUT2D eigenvalue weighted by molar-refractivity contribution is -0.0311. The minimum Gasteiger partial charge on any atom is -0.363 e. The average molecular weight is 235 g/mol. The van der Waals surface area contributed by atoms with Gasteiger partial charge >= 0.3 is 0 Å². The summed E-state index contributed by atoms with van der Waals surface area (Å²) < 4.78 is 5.71. The number of nitrogens with zero attached hydrogens (tertiary/aromatic N) is 1. The van der Waals surface area contributed by atoms with Gasteiger partial charge in [-0.2, -0.15) is 0 Å². The third-order valence-corrected chi connectivity index (χ3v) is 3.18. The van der Waals surface area contributed by atoms with Crippen molar-refractivity contribution in [2.45, 2.75) is 32.4 Å². The molecule has 0 aromatic rings. The lowest BCUT2D eigenvalue weighted by Crippen LogP contribution is -2.44. The predicted octanol–water partition coefficient (Wildman–Crippen LogP) is 1.48. The SMILES string of the molecule is CC1CNC(CCN2CCCC2)OC1.Cl. The Hall–Kier alpha value is 0.170. The Morgan fingerprint density at radius 2 is 2.07 bits per heavy atom. The van der Waals surface area contributed by atoms with E-state index in [-0.39, 0.29) is 12.4 Å². The van der Waals surface area contributed by atoms with Crippen LogP contribution in [0.15, 0.2) is 0 Å². The van der Waals surface area contributed by atoms with Gasteiger partial charge in [0.1, 0.15) is 6.23 Å². The highest BCUT2D eigenvalue weighted by Gasteiger charge is 2.19. The van der Waals surface area contributed by atoms with Gasteiger partial charge in [0, 0.05) is 13.1 Å². The summed E-state index contributed by atoms with van der Waals surface area (Å²) in [5.41, 5.74) is 0. The minimum absolute atomic E-state index is 0. The summed E-state index contributed by atoms with van der Waals surface area (Å²) >= 11 is 0. The molecule has 0 aliphatic carbocycles. The van der Waals surface area contributed by atoms with E-state index in [0.717, 1.165) is 19.6 Å². The molecule has 15 heavy (non-hydrogen) atoms. The molecule has 2 aliphatic rings. The molecule has 3 nitrogen and oxygen atoms in total. The fourth-order valence-corrected chi connectivity index (χ4v) is 2.22. The zero-order valence-corrected chi connectivity index (χ0v) is 10.4. The second-order valence-electron chi connectivity index (χ2n) is 4.67. The quantitative estimate of drug-likeness (QED) is 0.801. The Balaban J connectivity index is 0.00000112. The fraction of sp³-hybridized carbons (Fsp3) is 1.00. The second kappa shape index (κ2) is 6.69. The van der Waals surface area contributed by atoms with E-state index in [9.17, 15) is 0 Å². The number of likely N-dealkylation sites (tertiary alicyclic amines) is 1. The third-order valence-electron chi connectivity index (χ3n) is 3.18. The van der Waals surface area contributed by atoms with Crippen LogP contribution in [-0.2, 0) is 4.74 Å². The molecule has 1 N–H and O–H groups in total. The van der Waals surface area contributed by atoms with Crippen LogP contribution in [0.1, 0.15) is 26.2 Å². The first-order chi connectivity index (χ1) is 6.84. The van der Waals surface area contributed by atoms with Crippen molar-refractivity contribution < 1.29 is 4.74 Å². The molecule has 0 spiro atoms. The molecule has 2 fully saturated rings. The number of hydrogen-bond donors (Lipinski definition) is 1. The van der Waals surface area contributed by atoms with Crippen LogP contribution in [0.25, 0.3) is 0 Å². The van der Waals surface area contributed by atoms with E-state index >= 15 is 0 Å². The molecule has 2 saturated heterocycles. The van der Waals surface area contributed by atoms with Crippen LogP contribution in [-0.4, -0.2) is 43.9 Å². The third kappa shape index (κ3) is 4.27. The Bertz CT molecular complexity index is 166. The molecule has 2 heterocycles. The van der Waals surface area contributed by atoms with E-state index < -0.39 is 0 Å². The summed E-state index contributed by atoms with van der Waals surface area (Å²) in [6, 6.07) is 0. The van der Waals surface area contributed by atoms with Crippen molar-refractivity contribution in [2.24, 2.45) is 5.92 Å². The van der Waals surface area contributed by atoms with Crippen LogP contribution in [0.5, 0.6) is 0 Å². The van der Waals surface area contributed by atoms with Crippen molar-refractivity contribution in [3.63, 3.8) is 0 Å². The molecule has 90 valence electrons. The first-order valence-corrected chi connectivity index (χ1v) is 5.92. The fourth-order valence-electron chi connectivity index (χ4n) is 2.22. The van der Waals surface area contributed by atoms with Gasteiger partial charge in [0.05, 0.1) is 6.61 Å². The zero-order chi connectivity index (χ0) is 9.80. The molecular formula is C11H23ClN2O. The van der Waals surface area contributed by atoms with E-state index in [4.69, 9.17) is 4.74 Å². The van der Waals surface area contributed by atoms with Gasteiger partial charge in [-0.3, -0.25) is 5.32 Å². The molecule has 0 bridgehead atoms. The highest BCUT2D eigenvalue weighted by atomic mass is 35.5. The van der Waals surface area contributed by atoms with Gasteiger partial charge in [-0.05, 0) is 38.3 Å². The summed E-state index contributed by atoms with van der Waals surface area (Å²) in [5.74, 6) is 0.679. The van der Waals surface area contributed by atoms with Crippen LogP contribution >= 0.6 is 12.4 Å². The van der Waals surface area contributed by atoms with E-state index in [1.54, 1.807) is 0 Å². The maximum atomic E-state index is 5.71. The van der Waals surface area contributed by atoms with Gasteiger partial charge in [0.15, 0.2) is 0 Å². The lowest BCUT2D eigenvalue weighted by atomic mass is 10.1. The number of halogens is 1. The Morgan fingerprint density at radius 1 is 1.33 bits per heavy atom. The first-order valence-electron chi connectivity index (χ1n) is 5.92.